The zero-order valence-corrected chi connectivity index (χ0v) is 22.2. The van der Waals surface area contributed by atoms with E-state index in [9.17, 15) is 9.59 Å². The maximum Gasteiger partial charge on any atom is 0.258 e. The summed E-state index contributed by atoms with van der Waals surface area (Å²) in [4.78, 5) is 32.3. The molecule has 6 heteroatoms. The highest BCUT2D eigenvalue weighted by Gasteiger charge is 2.36. The second kappa shape index (κ2) is 11.8. The first-order chi connectivity index (χ1) is 17.3. The van der Waals surface area contributed by atoms with Crippen molar-refractivity contribution in [1.29, 1.82) is 0 Å². The molecule has 0 bridgehead atoms. The third-order valence-electron chi connectivity index (χ3n) is 7.38. The highest BCUT2D eigenvalue weighted by Crippen LogP contribution is 2.32. The molecule has 2 atom stereocenters. The number of aryl methyl sites for hydroxylation is 2. The van der Waals surface area contributed by atoms with Crippen molar-refractivity contribution in [1.82, 2.24) is 20.0 Å². The average Bonchev–Trinajstić information content (AvgIpc) is 3.41. The largest absolute Gasteiger partial charge is 0.349 e. The van der Waals surface area contributed by atoms with Gasteiger partial charge in [-0.2, -0.15) is 0 Å². The Labute approximate surface area is 216 Å². The third kappa shape index (κ3) is 6.42. The summed E-state index contributed by atoms with van der Waals surface area (Å²) < 4.78 is 0. The van der Waals surface area contributed by atoms with Gasteiger partial charge in [0.05, 0.1) is 6.04 Å². The van der Waals surface area contributed by atoms with Crippen LogP contribution in [0.3, 0.4) is 0 Å². The van der Waals surface area contributed by atoms with Crippen LogP contribution in [0.25, 0.3) is 0 Å². The van der Waals surface area contributed by atoms with E-state index in [1.807, 2.05) is 69.2 Å². The maximum atomic E-state index is 13.2. The summed E-state index contributed by atoms with van der Waals surface area (Å²) in [5.41, 5.74) is 5.40. The normalized spacial score (nSPS) is 18.3. The summed E-state index contributed by atoms with van der Waals surface area (Å²) >= 11 is 0. The standard InChI is InChI=1S/C30H40N4O2/c1-22-10-8-11-23(2)29(22)30(36)34-20-25-18-33(19-26(25)21-34)17-15-27(24-12-6-5-7-13-24)31-28(35)14-9-16-32(3)4/h5-8,10-13,20,26-27H,9,14-19,21H2,1-4H3,(H,31,35)/t26?,27-/m0/s1. The first-order valence-corrected chi connectivity index (χ1v) is 13.1. The predicted molar refractivity (Wildman–Crippen MR) is 145 cm³/mol. The molecule has 36 heavy (non-hydrogen) atoms. The van der Waals surface area contributed by atoms with Crippen LogP contribution in [0.1, 0.15) is 52.4 Å². The molecule has 2 aliphatic heterocycles. The van der Waals surface area contributed by atoms with Gasteiger partial charge in [-0.05, 0) is 69.6 Å². The summed E-state index contributed by atoms with van der Waals surface area (Å²) in [6.45, 7) is 8.45. The maximum absolute atomic E-state index is 13.2. The number of carbonyl (C=O) groups is 2. The third-order valence-corrected chi connectivity index (χ3v) is 7.38. The Morgan fingerprint density at radius 3 is 2.42 bits per heavy atom. The fourth-order valence-electron chi connectivity index (χ4n) is 5.44. The number of carbonyl (C=O) groups excluding carboxylic acids is 2. The summed E-state index contributed by atoms with van der Waals surface area (Å²) in [6.07, 6.45) is 4.36. The molecule has 4 rings (SSSR count). The minimum atomic E-state index is 0.00887. The molecule has 2 aromatic rings. The smallest absolute Gasteiger partial charge is 0.258 e. The molecule has 2 aliphatic rings. The Morgan fingerprint density at radius 2 is 1.75 bits per heavy atom. The zero-order chi connectivity index (χ0) is 25.7. The topological polar surface area (TPSA) is 55.9 Å². The molecular weight excluding hydrogens is 448 g/mol. The van der Waals surface area contributed by atoms with Crippen molar-refractivity contribution in [3.63, 3.8) is 0 Å². The number of fused-ring (bicyclic) bond motifs is 1. The van der Waals surface area contributed by atoms with Gasteiger partial charge in [0.1, 0.15) is 0 Å². The quantitative estimate of drug-likeness (QED) is 0.546. The fraction of sp³-hybridized carbons (Fsp3) is 0.467. The molecule has 0 radical (unpaired) electrons. The van der Waals surface area contributed by atoms with Gasteiger partial charge in [0.15, 0.2) is 0 Å². The van der Waals surface area contributed by atoms with Crippen molar-refractivity contribution in [3.8, 4) is 0 Å². The molecular formula is C30H40N4O2. The zero-order valence-electron chi connectivity index (χ0n) is 22.2. The van der Waals surface area contributed by atoms with E-state index < -0.39 is 0 Å². The number of nitrogens with zero attached hydrogens (tertiary/aromatic N) is 3. The van der Waals surface area contributed by atoms with Gasteiger partial charge in [-0.1, -0.05) is 48.5 Å². The van der Waals surface area contributed by atoms with Crippen LogP contribution in [0.2, 0.25) is 0 Å². The number of likely N-dealkylation sites (tertiary alicyclic amines) is 1. The molecule has 2 amide bonds. The van der Waals surface area contributed by atoms with Gasteiger partial charge in [-0.15, -0.1) is 0 Å². The lowest BCUT2D eigenvalue weighted by atomic mass is 10.0. The van der Waals surface area contributed by atoms with E-state index in [0.717, 1.165) is 67.8 Å². The highest BCUT2D eigenvalue weighted by molar-refractivity contribution is 5.98. The Hall–Kier alpha value is -2.96. The average molecular weight is 489 g/mol. The Bertz CT molecular complexity index is 1080. The van der Waals surface area contributed by atoms with Gasteiger partial charge >= 0.3 is 0 Å². The summed E-state index contributed by atoms with van der Waals surface area (Å²) in [6, 6.07) is 16.3. The van der Waals surface area contributed by atoms with E-state index in [0.29, 0.717) is 12.3 Å². The number of hydrogen-bond acceptors (Lipinski definition) is 4. The SMILES string of the molecule is Cc1cccc(C)c1C(=O)N1C=C2CN(CC[C@H](NC(=O)CCCN(C)C)c3ccccc3)CC2C1. The van der Waals surface area contributed by atoms with Crippen molar-refractivity contribution in [2.24, 2.45) is 5.92 Å². The number of amides is 2. The van der Waals surface area contributed by atoms with Crippen molar-refractivity contribution in [3.05, 3.63) is 82.6 Å². The van der Waals surface area contributed by atoms with E-state index in [2.05, 4.69) is 33.4 Å². The number of nitrogens with one attached hydrogen (secondary N) is 1. The predicted octanol–water partition coefficient (Wildman–Crippen LogP) is 4.16. The van der Waals surface area contributed by atoms with E-state index in [-0.39, 0.29) is 17.9 Å². The second-order valence-electron chi connectivity index (χ2n) is 10.6. The van der Waals surface area contributed by atoms with Gasteiger partial charge in [-0.3, -0.25) is 14.5 Å². The Kier molecular flexibility index (Phi) is 8.60. The minimum absolute atomic E-state index is 0.00887. The van der Waals surface area contributed by atoms with Crippen LogP contribution >= 0.6 is 0 Å². The molecule has 2 heterocycles. The summed E-state index contributed by atoms with van der Waals surface area (Å²) in [7, 11) is 4.06. The van der Waals surface area contributed by atoms with E-state index in [1.54, 1.807) is 0 Å². The molecule has 2 aromatic carbocycles. The van der Waals surface area contributed by atoms with Crippen molar-refractivity contribution in [2.75, 3.05) is 46.8 Å². The first kappa shape index (κ1) is 26.1. The van der Waals surface area contributed by atoms with Gasteiger partial charge in [0.2, 0.25) is 5.91 Å². The van der Waals surface area contributed by atoms with Gasteiger partial charge in [-0.25, -0.2) is 0 Å². The van der Waals surface area contributed by atoms with Crippen LogP contribution in [-0.2, 0) is 4.79 Å². The fourth-order valence-corrected chi connectivity index (χ4v) is 5.44. The van der Waals surface area contributed by atoms with E-state index in [1.165, 1.54) is 5.57 Å². The molecule has 6 nitrogen and oxygen atoms in total. The molecule has 0 saturated carbocycles. The molecule has 1 fully saturated rings. The monoisotopic (exact) mass is 488 g/mol. The number of benzene rings is 2. The molecule has 1 N–H and O–H groups in total. The molecule has 0 spiro atoms. The van der Waals surface area contributed by atoms with Crippen LogP contribution in [0.5, 0.6) is 0 Å². The Balaban J connectivity index is 1.34. The van der Waals surface area contributed by atoms with Crippen molar-refractivity contribution >= 4 is 11.8 Å². The lowest BCUT2D eigenvalue weighted by Crippen LogP contribution is -2.34. The molecule has 1 saturated heterocycles. The lowest BCUT2D eigenvalue weighted by Gasteiger charge is -2.24. The molecule has 0 aliphatic carbocycles. The first-order valence-electron chi connectivity index (χ1n) is 13.1. The van der Waals surface area contributed by atoms with Crippen LogP contribution in [0, 0.1) is 19.8 Å². The summed E-state index contributed by atoms with van der Waals surface area (Å²) in [5.74, 6) is 0.626. The van der Waals surface area contributed by atoms with Crippen LogP contribution in [0.15, 0.2) is 60.3 Å². The van der Waals surface area contributed by atoms with Crippen LogP contribution in [-0.4, -0.2) is 73.3 Å². The Morgan fingerprint density at radius 1 is 1.03 bits per heavy atom. The van der Waals surface area contributed by atoms with Gasteiger partial charge in [0, 0.05) is 50.3 Å². The molecule has 1 unspecified atom stereocenters. The van der Waals surface area contributed by atoms with Crippen LogP contribution < -0.4 is 5.32 Å². The molecule has 192 valence electrons. The summed E-state index contributed by atoms with van der Waals surface area (Å²) in [5, 5.41) is 3.28. The van der Waals surface area contributed by atoms with E-state index in [4.69, 9.17) is 0 Å². The lowest BCUT2D eigenvalue weighted by molar-refractivity contribution is -0.122. The second-order valence-corrected chi connectivity index (χ2v) is 10.6. The highest BCUT2D eigenvalue weighted by atomic mass is 16.2. The van der Waals surface area contributed by atoms with Gasteiger partial charge < -0.3 is 15.1 Å². The van der Waals surface area contributed by atoms with Crippen LogP contribution in [0.4, 0.5) is 0 Å². The number of hydrogen-bond donors (Lipinski definition) is 1. The minimum Gasteiger partial charge on any atom is -0.349 e. The van der Waals surface area contributed by atoms with Crippen molar-refractivity contribution in [2.45, 2.75) is 39.2 Å². The number of rotatable bonds is 10. The molecule has 0 aromatic heterocycles. The van der Waals surface area contributed by atoms with Crippen molar-refractivity contribution < 1.29 is 9.59 Å². The van der Waals surface area contributed by atoms with E-state index >= 15 is 0 Å². The van der Waals surface area contributed by atoms with Gasteiger partial charge in [0.25, 0.3) is 5.91 Å².